The molecule has 1 amide bonds. The maximum Gasteiger partial charge on any atom is 0.236 e. The van der Waals surface area contributed by atoms with E-state index >= 15 is 0 Å². The lowest BCUT2D eigenvalue weighted by Crippen LogP contribution is -2.38. The predicted molar refractivity (Wildman–Crippen MR) is 92.7 cm³/mol. The van der Waals surface area contributed by atoms with Gasteiger partial charge in [-0.05, 0) is 36.1 Å². The lowest BCUT2D eigenvalue weighted by atomic mass is 10.2. The van der Waals surface area contributed by atoms with Gasteiger partial charge in [-0.1, -0.05) is 42.5 Å². The number of nitrogens with zero attached hydrogens (tertiary/aromatic N) is 2. The van der Waals surface area contributed by atoms with Gasteiger partial charge in [0.2, 0.25) is 5.91 Å². The molecule has 24 heavy (non-hydrogen) atoms. The van der Waals surface area contributed by atoms with Crippen LogP contribution >= 0.6 is 0 Å². The van der Waals surface area contributed by atoms with Crippen LogP contribution in [0.25, 0.3) is 0 Å². The number of likely N-dealkylation sites (N-methyl/N-ethyl adjacent to an activating group) is 1. The van der Waals surface area contributed by atoms with Crippen molar-refractivity contribution in [2.45, 2.75) is 32.0 Å². The molecule has 0 saturated heterocycles. The summed E-state index contributed by atoms with van der Waals surface area (Å²) in [4.78, 5) is 16.5. The molecule has 3 nitrogen and oxygen atoms in total. The Morgan fingerprint density at radius 1 is 1.00 bits per heavy atom. The van der Waals surface area contributed by atoms with Gasteiger partial charge < -0.3 is 4.90 Å². The van der Waals surface area contributed by atoms with Gasteiger partial charge in [0.25, 0.3) is 0 Å². The molecule has 0 atom stereocenters. The summed E-state index contributed by atoms with van der Waals surface area (Å²) >= 11 is 0. The third kappa shape index (κ3) is 4.65. The number of amides is 1. The average Bonchev–Trinajstić information content (AvgIpc) is 3.42. The highest BCUT2D eigenvalue weighted by molar-refractivity contribution is 5.78. The highest BCUT2D eigenvalue weighted by Gasteiger charge is 2.30. The maximum atomic E-state index is 13.0. The first-order valence-corrected chi connectivity index (χ1v) is 8.38. The fourth-order valence-corrected chi connectivity index (χ4v) is 2.82. The predicted octanol–water partition coefficient (Wildman–Crippen LogP) is 3.45. The Morgan fingerprint density at radius 3 is 2.25 bits per heavy atom. The van der Waals surface area contributed by atoms with Crippen molar-refractivity contribution in [2.75, 3.05) is 13.6 Å². The molecule has 1 aliphatic carbocycles. The summed E-state index contributed by atoms with van der Waals surface area (Å²) in [7, 11) is 1.80. The third-order valence-corrected chi connectivity index (χ3v) is 4.39. The second-order valence-electron chi connectivity index (χ2n) is 6.50. The molecule has 0 aliphatic heterocycles. The molecule has 0 bridgehead atoms. The average molecular weight is 326 g/mol. The normalized spacial score (nSPS) is 14.0. The molecule has 1 saturated carbocycles. The molecule has 0 unspecified atom stereocenters. The van der Waals surface area contributed by atoms with E-state index in [4.69, 9.17) is 0 Å². The van der Waals surface area contributed by atoms with Crippen LogP contribution in [0.4, 0.5) is 4.39 Å². The van der Waals surface area contributed by atoms with Gasteiger partial charge in [0.15, 0.2) is 0 Å². The SMILES string of the molecule is CN(Cc1ccc(F)cc1)C(=O)CN(Cc1ccccc1)C1CC1. The Bertz CT molecular complexity index is 668. The van der Waals surface area contributed by atoms with Crippen molar-refractivity contribution in [2.24, 2.45) is 0 Å². The molecule has 0 spiro atoms. The summed E-state index contributed by atoms with van der Waals surface area (Å²) in [5, 5.41) is 0. The van der Waals surface area contributed by atoms with E-state index in [0.29, 0.717) is 19.1 Å². The van der Waals surface area contributed by atoms with Gasteiger partial charge in [-0.2, -0.15) is 0 Å². The molecule has 0 heterocycles. The van der Waals surface area contributed by atoms with Crippen molar-refractivity contribution in [1.29, 1.82) is 0 Å². The summed E-state index contributed by atoms with van der Waals surface area (Å²) < 4.78 is 13.0. The van der Waals surface area contributed by atoms with Gasteiger partial charge >= 0.3 is 0 Å². The van der Waals surface area contributed by atoms with Crippen LogP contribution in [0.1, 0.15) is 24.0 Å². The van der Waals surface area contributed by atoms with E-state index in [9.17, 15) is 9.18 Å². The van der Waals surface area contributed by atoms with Gasteiger partial charge in [-0.25, -0.2) is 4.39 Å². The Labute approximate surface area is 142 Å². The van der Waals surface area contributed by atoms with Gasteiger partial charge in [0, 0.05) is 26.2 Å². The van der Waals surface area contributed by atoms with Crippen molar-refractivity contribution < 1.29 is 9.18 Å². The highest BCUT2D eigenvalue weighted by Crippen LogP contribution is 2.28. The fourth-order valence-electron chi connectivity index (χ4n) is 2.82. The minimum absolute atomic E-state index is 0.0992. The molecule has 2 aromatic carbocycles. The van der Waals surface area contributed by atoms with E-state index in [2.05, 4.69) is 17.0 Å². The second kappa shape index (κ2) is 7.58. The largest absolute Gasteiger partial charge is 0.340 e. The van der Waals surface area contributed by atoms with Crippen LogP contribution in [0.3, 0.4) is 0 Å². The minimum Gasteiger partial charge on any atom is -0.340 e. The van der Waals surface area contributed by atoms with E-state index < -0.39 is 0 Å². The lowest BCUT2D eigenvalue weighted by molar-refractivity contribution is -0.132. The smallest absolute Gasteiger partial charge is 0.236 e. The van der Waals surface area contributed by atoms with E-state index in [0.717, 1.165) is 12.1 Å². The quantitative estimate of drug-likeness (QED) is 0.778. The van der Waals surface area contributed by atoms with E-state index in [1.165, 1.54) is 30.5 Å². The van der Waals surface area contributed by atoms with Crippen LogP contribution in [0.15, 0.2) is 54.6 Å². The molecule has 126 valence electrons. The van der Waals surface area contributed by atoms with Crippen LogP contribution in [-0.4, -0.2) is 35.3 Å². The zero-order valence-corrected chi connectivity index (χ0v) is 14.0. The Morgan fingerprint density at radius 2 is 1.62 bits per heavy atom. The van der Waals surface area contributed by atoms with Crippen molar-refractivity contribution in [3.05, 3.63) is 71.5 Å². The minimum atomic E-state index is -0.254. The molecule has 2 aromatic rings. The van der Waals surface area contributed by atoms with Gasteiger partial charge in [-0.3, -0.25) is 9.69 Å². The number of carbonyl (C=O) groups is 1. The van der Waals surface area contributed by atoms with E-state index in [-0.39, 0.29) is 11.7 Å². The molecule has 3 rings (SSSR count). The number of rotatable bonds is 7. The molecule has 0 radical (unpaired) electrons. The van der Waals surface area contributed by atoms with E-state index in [1.54, 1.807) is 24.1 Å². The topological polar surface area (TPSA) is 23.6 Å². The molecule has 0 N–H and O–H groups in total. The molecular weight excluding hydrogens is 303 g/mol. The number of hydrogen-bond acceptors (Lipinski definition) is 2. The molecule has 1 fully saturated rings. The lowest BCUT2D eigenvalue weighted by Gasteiger charge is -2.25. The number of carbonyl (C=O) groups excluding carboxylic acids is 1. The summed E-state index contributed by atoms with van der Waals surface area (Å²) in [6.07, 6.45) is 2.34. The van der Waals surface area contributed by atoms with Crippen molar-refractivity contribution in [3.8, 4) is 0 Å². The molecule has 1 aliphatic rings. The molecular formula is C20H23FN2O. The van der Waals surface area contributed by atoms with Gasteiger partial charge in [-0.15, -0.1) is 0 Å². The first kappa shape index (κ1) is 16.7. The standard InChI is InChI=1S/C20H23FN2O/c1-22(13-17-7-9-18(21)10-8-17)20(24)15-23(19-11-12-19)14-16-5-3-2-4-6-16/h2-10,19H,11-15H2,1H3. The van der Waals surface area contributed by atoms with Crippen LogP contribution < -0.4 is 0 Å². The summed E-state index contributed by atoms with van der Waals surface area (Å²) in [5.41, 5.74) is 2.17. The second-order valence-corrected chi connectivity index (χ2v) is 6.50. The number of halogens is 1. The van der Waals surface area contributed by atoms with E-state index in [1.807, 2.05) is 18.2 Å². The van der Waals surface area contributed by atoms with Gasteiger partial charge in [0.05, 0.1) is 6.54 Å². The summed E-state index contributed by atoms with van der Waals surface area (Å²) in [6, 6.07) is 17.1. The number of hydrogen-bond donors (Lipinski definition) is 0. The maximum absolute atomic E-state index is 13.0. The monoisotopic (exact) mass is 326 g/mol. The Balaban J connectivity index is 1.57. The Kier molecular flexibility index (Phi) is 5.26. The zero-order chi connectivity index (χ0) is 16.9. The van der Waals surface area contributed by atoms with Crippen LogP contribution in [0.5, 0.6) is 0 Å². The van der Waals surface area contributed by atoms with Gasteiger partial charge in [0.1, 0.15) is 5.82 Å². The molecule has 4 heteroatoms. The van der Waals surface area contributed by atoms with Crippen LogP contribution in [0.2, 0.25) is 0 Å². The van der Waals surface area contributed by atoms with Crippen molar-refractivity contribution in [3.63, 3.8) is 0 Å². The summed E-state index contributed by atoms with van der Waals surface area (Å²) in [6.45, 7) is 1.74. The first-order valence-electron chi connectivity index (χ1n) is 8.38. The van der Waals surface area contributed by atoms with Crippen molar-refractivity contribution >= 4 is 5.91 Å². The highest BCUT2D eigenvalue weighted by atomic mass is 19.1. The molecule has 0 aromatic heterocycles. The Hall–Kier alpha value is -2.20. The first-order chi connectivity index (χ1) is 11.6. The van der Waals surface area contributed by atoms with Crippen LogP contribution in [0, 0.1) is 5.82 Å². The zero-order valence-electron chi connectivity index (χ0n) is 14.0. The number of benzene rings is 2. The van der Waals surface area contributed by atoms with Crippen LogP contribution in [-0.2, 0) is 17.9 Å². The van der Waals surface area contributed by atoms with Crippen molar-refractivity contribution in [1.82, 2.24) is 9.80 Å². The third-order valence-electron chi connectivity index (χ3n) is 4.39. The summed E-state index contributed by atoms with van der Waals surface area (Å²) in [5.74, 6) is -0.155. The fraction of sp³-hybridized carbons (Fsp3) is 0.350.